The van der Waals surface area contributed by atoms with Crippen LogP contribution in [0.1, 0.15) is 45.4 Å². The van der Waals surface area contributed by atoms with Gasteiger partial charge in [-0.3, -0.25) is 4.79 Å². The van der Waals surface area contributed by atoms with E-state index < -0.39 is 5.97 Å². The first-order valence-electron chi connectivity index (χ1n) is 11.2. The predicted octanol–water partition coefficient (Wildman–Crippen LogP) is 3.94. The number of hydrogen-bond acceptors (Lipinski definition) is 5. The molecule has 0 radical (unpaired) electrons. The summed E-state index contributed by atoms with van der Waals surface area (Å²) in [6.45, 7) is 8.81. The molecule has 0 saturated carbocycles. The average molecular weight is 448 g/mol. The molecular formula is C26H29N3O4. The minimum absolute atomic E-state index is 0.0551. The molecule has 0 spiro atoms. The fourth-order valence-electron chi connectivity index (χ4n) is 4.01. The molecule has 7 heteroatoms. The number of benzene rings is 2. The van der Waals surface area contributed by atoms with Crippen molar-refractivity contribution in [3.8, 4) is 11.4 Å². The van der Waals surface area contributed by atoms with E-state index in [4.69, 9.17) is 9.47 Å². The zero-order valence-electron chi connectivity index (χ0n) is 19.6. The maximum atomic E-state index is 13.0. The molecule has 0 N–H and O–H groups in total. The van der Waals surface area contributed by atoms with Crippen LogP contribution in [0.25, 0.3) is 5.69 Å². The number of carbonyl (C=O) groups excluding carboxylic acids is 2. The normalized spacial score (nSPS) is 12.9. The van der Waals surface area contributed by atoms with Crippen molar-refractivity contribution in [1.29, 1.82) is 0 Å². The Morgan fingerprint density at radius 3 is 2.55 bits per heavy atom. The first-order chi connectivity index (χ1) is 15.9. The quantitative estimate of drug-likeness (QED) is 0.535. The average Bonchev–Trinajstić information content (AvgIpc) is 3.19. The smallest absolute Gasteiger partial charge is 0.359 e. The molecular weight excluding hydrogens is 418 g/mol. The van der Waals surface area contributed by atoms with Crippen molar-refractivity contribution < 1.29 is 19.1 Å². The second-order valence-electron chi connectivity index (χ2n) is 8.29. The molecule has 4 rings (SSSR count). The highest BCUT2D eigenvalue weighted by Gasteiger charge is 2.31. The second kappa shape index (κ2) is 9.48. The van der Waals surface area contributed by atoms with E-state index >= 15 is 0 Å². The summed E-state index contributed by atoms with van der Waals surface area (Å²) in [5, 5.41) is 4.59. The van der Waals surface area contributed by atoms with Crippen LogP contribution in [0.2, 0.25) is 0 Å². The summed E-state index contributed by atoms with van der Waals surface area (Å²) in [5.74, 6) is 0.112. The van der Waals surface area contributed by atoms with Crippen molar-refractivity contribution in [3.63, 3.8) is 0 Å². The van der Waals surface area contributed by atoms with Gasteiger partial charge in [0.1, 0.15) is 5.75 Å². The molecule has 0 saturated heterocycles. The molecule has 0 atom stereocenters. The minimum atomic E-state index is -0.472. The van der Waals surface area contributed by atoms with Gasteiger partial charge in [-0.2, -0.15) is 5.10 Å². The summed E-state index contributed by atoms with van der Waals surface area (Å²) < 4.78 is 12.9. The fraction of sp³-hybridized carbons (Fsp3) is 0.346. The van der Waals surface area contributed by atoms with Gasteiger partial charge < -0.3 is 14.4 Å². The van der Waals surface area contributed by atoms with Crippen molar-refractivity contribution in [3.05, 3.63) is 76.1 Å². The number of carbonyl (C=O) groups is 2. The van der Waals surface area contributed by atoms with E-state index in [9.17, 15) is 9.59 Å². The van der Waals surface area contributed by atoms with Gasteiger partial charge in [-0.1, -0.05) is 29.8 Å². The molecule has 1 aliphatic rings. The number of ether oxygens (including phenoxy) is 2. The van der Waals surface area contributed by atoms with E-state index in [-0.39, 0.29) is 24.8 Å². The molecule has 0 aliphatic carbocycles. The summed E-state index contributed by atoms with van der Waals surface area (Å²) in [6.07, 6.45) is 0.588. The molecule has 7 nitrogen and oxygen atoms in total. The minimum Gasteiger partial charge on any atom is -0.483 e. The summed E-state index contributed by atoms with van der Waals surface area (Å²) in [7, 11) is 0. The predicted molar refractivity (Wildman–Crippen MR) is 125 cm³/mol. The Kier molecular flexibility index (Phi) is 6.49. The number of hydrogen-bond donors (Lipinski definition) is 0. The van der Waals surface area contributed by atoms with Crippen molar-refractivity contribution in [2.75, 3.05) is 19.8 Å². The lowest BCUT2D eigenvalue weighted by Crippen LogP contribution is -2.39. The fourth-order valence-corrected chi connectivity index (χ4v) is 4.01. The highest BCUT2D eigenvalue weighted by molar-refractivity contribution is 5.90. The van der Waals surface area contributed by atoms with E-state index in [2.05, 4.69) is 5.10 Å². The van der Waals surface area contributed by atoms with Gasteiger partial charge in [0, 0.05) is 18.5 Å². The van der Waals surface area contributed by atoms with E-state index in [1.54, 1.807) is 16.5 Å². The molecule has 1 aliphatic heterocycles. The van der Waals surface area contributed by atoms with Crippen LogP contribution in [0.15, 0.2) is 42.5 Å². The molecule has 1 aromatic heterocycles. The monoisotopic (exact) mass is 447 g/mol. The lowest BCUT2D eigenvalue weighted by molar-refractivity contribution is -0.134. The van der Waals surface area contributed by atoms with E-state index in [1.165, 1.54) is 0 Å². The molecule has 172 valence electrons. The first kappa shape index (κ1) is 22.6. The van der Waals surface area contributed by atoms with Crippen LogP contribution < -0.4 is 4.74 Å². The van der Waals surface area contributed by atoms with Crippen molar-refractivity contribution in [2.24, 2.45) is 0 Å². The Labute approximate surface area is 193 Å². The molecule has 0 fully saturated rings. The van der Waals surface area contributed by atoms with Crippen LogP contribution in [0, 0.1) is 20.8 Å². The van der Waals surface area contributed by atoms with E-state index in [1.807, 2.05) is 63.2 Å². The number of rotatable bonds is 6. The van der Waals surface area contributed by atoms with Gasteiger partial charge in [0.25, 0.3) is 5.91 Å². The molecule has 3 aromatic rings. The van der Waals surface area contributed by atoms with Crippen LogP contribution in [-0.4, -0.2) is 46.3 Å². The van der Waals surface area contributed by atoms with Crippen LogP contribution in [-0.2, 0) is 22.5 Å². The summed E-state index contributed by atoms with van der Waals surface area (Å²) in [5.41, 5.74) is 6.10. The number of aryl methyl sites for hydroxylation is 2. The van der Waals surface area contributed by atoms with Crippen LogP contribution >= 0.6 is 0 Å². The van der Waals surface area contributed by atoms with Gasteiger partial charge in [0.05, 0.1) is 24.5 Å². The number of fused-ring (bicyclic) bond motifs is 1. The summed E-state index contributed by atoms with van der Waals surface area (Å²) in [6, 6.07) is 13.8. The van der Waals surface area contributed by atoms with Gasteiger partial charge in [-0.25, -0.2) is 9.48 Å². The molecule has 0 bridgehead atoms. The highest BCUT2D eigenvalue weighted by Crippen LogP contribution is 2.27. The van der Waals surface area contributed by atoms with Crippen LogP contribution in [0.3, 0.4) is 0 Å². The summed E-state index contributed by atoms with van der Waals surface area (Å²) >= 11 is 0. The Morgan fingerprint density at radius 2 is 1.82 bits per heavy atom. The molecule has 2 heterocycles. The van der Waals surface area contributed by atoms with Gasteiger partial charge in [0.2, 0.25) is 0 Å². The maximum Gasteiger partial charge on any atom is 0.359 e. The third kappa shape index (κ3) is 4.62. The Hall–Kier alpha value is -3.61. The van der Waals surface area contributed by atoms with E-state index in [0.29, 0.717) is 25.3 Å². The number of nitrogens with zero attached hydrogens (tertiary/aromatic N) is 3. The zero-order valence-corrected chi connectivity index (χ0v) is 19.6. The Balaban J connectivity index is 1.57. The molecule has 2 aromatic carbocycles. The van der Waals surface area contributed by atoms with Crippen LogP contribution in [0.5, 0.6) is 5.75 Å². The summed E-state index contributed by atoms with van der Waals surface area (Å²) in [4.78, 5) is 27.3. The lowest BCUT2D eigenvalue weighted by atomic mass is 10.0. The highest BCUT2D eigenvalue weighted by atomic mass is 16.5. The zero-order chi connectivity index (χ0) is 23.5. The third-order valence-electron chi connectivity index (χ3n) is 6.06. The van der Waals surface area contributed by atoms with Crippen molar-refractivity contribution in [2.45, 2.75) is 40.7 Å². The van der Waals surface area contributed by atoms with Gasteiger partial charge in [0.15, 0.2) is 12.3 Å². The lowest BCUT2D eigenvalue weighted by Gasteiger charge is -2.28. The van der Waals surface area contributed by atoms with Gasteiger partial charge >= 0.3 is 5.97 Å². The molecule has 33 heavy (non-hydrogen) atoms. The van der Waals surface area contributed by atoms with Crippen molar-refractivity contribution in [1.82, 2.24) is 14.7 Å². The maximum absolute atomic E-state index is 13.0. The SMILES string of the molecule is CCOC(=O)c1nn(-c2ccc(C)cc2)c2c1CN(C(=O)COc1cccc(C)c1C)CC2. The number of esters is 1. The second-order valence-corrected chi connectivity index (χ2v) is 8.29. The third-order valence-corrected chi connectivity index (χ3v) is 6.06. The first-order valence-corrected chi connectivity index (χ1v) is 11.2. The molecule has 0 unspecified atom stereocenters. The standard InChI is InChI=1S/C26H29N3O4/c1-5-32-26(31)25-21-15-28(24(30)16-33-23-8-6-7-18(3)19(23)4)14-13-22(21)29(27-25)20-11-9-17(2)10-12-20/h6-12H,5,13-16H2,1-4H3. The number of aromatic nitrogens is 2. The van der Waals surface area contributed by atoms with Gasteiger partial charge in [-0.05, 0) is 57.0 Å². The van der Waals surface area contributed by atoms with E-state index in [0.717, 1.165) is 33.6 Å². The van der Waals surface area contributed by atoms with Crippen molar-refractivity contribution >= 4 is 11.9 Å². The topological polar surface area (TPSA) is 73.7 Å². The molecule has 1 amide bonds. The van der Waals surface area contributed by atoms with Gasteiger partial charge in [-0.15, -0.1) is 0 Å². The van der Waals surface area contributed by atoms with Crippen LogP contribution in [0.4, 0.5) is 0 Å². The largest absolute Gasteiger partial charge is 0.483 e. The Morgan fingerprint density at radius 1 is 1.06 bits per heavy atom. The number of amides is 1. The Bertz CT molecular complexity index is 1180.